The number of hydrogen-bond acceptors (Lipinski definition) is 5. The standard InChI is InChI=1S/C18H16BrN3O3S/c1-13-7-9-15(10-8-13)26(23,24)22-17-18(21-16(19)11-20-17)25-12-14-5-3-2-4-6-14/h2-11H,12H2,1H3,(H,20,22). The highest BCUT2D eigenvalue weighted by Crippen LogP contribution is 2.25. The number of hydrogen-bond donors (Lipinski definition) is 1. The van der Waals surface area contributed by atoms with Gasteiger partial charge in [-0.1, -0.05) is 48.0 Å². The number of nitrogens with zero attached hydrogens (tertiary/aromatic N) is 2. The Balaban J connectivity index is 1.84. The molecule has 0 atom stereocenters. The molecule has 0 amide bonds. The lowest BCUT2D eigenvalue weighted by atomic mass is 10.2. The van der Waals surface area contributed by atoms with Gasteiger partial charge >= 0.3 is 0 Å². The number of aromatic nitrogens is 2. The van der Waals surface area contributed by atoms with Crippen molar-refractivity contribution in [3.63, 3.8) is 0 Å². The quantitative estimate of drug-likeness (QED) is 0.636. The molecule has 0 aliphatic carbocycles. The highest BCUT2D eigenvalue weighted by atomic mass is 79.9. The third kappa shape index (κ3) is 4.59. The van der Waals surface area contributed by atoms with Gasteiger partial charge in [0.1, 0.15) is 11.2 Å². The van der Waals surface area contributed by atoms with Crippen molar-refractivity contribution in [1.82, 2.24) is 9.97 Å². The van der Waals surface area contributed by atoms with Crippen molar-refractivity contribution in [1.29, 1.82) is 0 Å². The van der Waals surface area contributed by atoms with Gasteiger partial charge in [0.2, 0.25) is 5.82 Å². The second kappa shape index (κ2) is 7.84. The molecule has 0 radical (unpaired) electrons. The average Bonchev–Trinajstić information content (AvgIpc) is 2.63. The summed E-state index contributed by atoms with van der Waals surface area (Å²) in [7, 11) is -3.80. The summed E-state index contributed by atoms with van der Waals surface area (Å²) in [5.74, 6) is 0.128. The second-order valence-corrected chi connectivity index (χ2v) is 8.03. The first-order chi connectivity index (χ1) is 12.4. The summed E-state index contributed by atoms with van der Waals surface area (Å²) in [6.45, 7) is 2.13. The van der Waals surface area contributed by atoms with Crippen molar-refractivity contribution < 1.29 is 13.2 Å². The molecule has 2 aromatic carbocycles. The zero-order chi connectivity index (χ0) is 18.6. The van der Waals surface area contributed by atoms with Crippen LogP contribution in [0.15, 0.2) is 70.3 Å². The molecule has 3 rings (SSSR count). The molecule has 0 aliphatic rings. The van der Waals surface area contributed by atoms with Crippen molar-refractivity contribution in [3.05, 3.63) is 76.5 Å². The van der Waals surface area contributed by atoms with Gasteiger partial charge in [-0.3, -0.25) is 4.72 Å². The van der Waals surface area contributed by atoms with Crippen LogP contribution in [0, 0.1) is 6.92 Å². The van der Waals surface area contributed by atoms with E-state index in [9.17, 15) is 8.42 Å². The predicted molar refractivity (Wildman–Crippen MR) is 102 cm³/mol. The summed E-state index contributed by atoms with van der Waals surface area (Å²) < 4.78 is 33.7. The Labute approximate surface area is 160 Å². The molecule has 0 unspecified atom stereocenters. The molecule has 0 aliphatic heterocycles. The molecular weight excluding hydrogens is 418 g/mol. The van der Waals surface area contributed by atoms with Crippen LogP contribution in [0.3, 0.4) is 0 Å². The van der Waals surface area contributed by atoms with Gasteiger partial charge in [-0.2, -0.15) is 0 Å². The van der Waals surface area contributed by atoms with Crippen LogP contribution in [-0.2, 0) is 16.6 Å². The number of nitrogens with one attached hydrogen (secondary N) is 1. The fraction of sp³-hybridized carbons (Fsp3) is 0.111. The Kier molecular flexibility index (Phi) is 5.53. The Hall–Kier alpha value is -2.45. The maximum Gasteiger partial charge on any atom is 0.263 e. The SMILES string of the molecule is Cc1ccc(S(=O)(=O)Nc2ncc(Br)nc2OCc2ccccc2)cc1. The number of rotatable bonds is 6. The summed E-state index contributed by atoms with van der Waals surface area (Å²) >= 11 is 3.22. The zero-order valence-corrected chi connectivity index (χ0v) is 16.3. The fourth-order valence-corrected chi connectivity index (χ4v) is 3.42. The van der Waals surface area contributed by atoms with Crippen LogP contribution in [0.25, 0.3) is 0 Å². The minimum atomic E-state index is -3.80. The monoisotopic (exact) mass is 433 g/mol. The van der Waals surface area contributed by atoms with E-state index in [1.54, 1.807) is 12.1 Å². The van der Waals surface area contributed by atoms with E-state index in [0.29, 0.717) is 4.60 Å². The van der Waals surface area contributed by atoms with E-state index in [0.717, 1.165) is 11.1 Å². The lowest BCUT2D eigenvalue weighted by molar-refractivity contribution is 0.294. The number of anilines is 1. The van der Waals surface area contributed by atoms with Crippen LogP contribution in [0.2, 0.25) is 0 Å². The minimum absolute atomic E-state index is 0.0321. The first-order valence-electron chi connectivity index (χ1n) is 7.73. The van der Waals surface area contributed by atoms with Gasteiger partial charge in [0.15, 0.2) is 0 Å². The van der Waals surface area contributed by atoms with Crippen LogP contribution >= 0.6 is 15.9 Å². The number of sulfonamides is 1. The van der Waals surface area contributed by atoms with E-state index in [-0.39, 0.29) is 23.2 Å². The van der Waals surface area contributed by atoms with Crippen molar-refractivity contribution >= 4 is 31.8 Å². The van der Waals surface area contributed by atoms with Crippen molar-refractivity contribution in [2.24, 2.45) is 0 Å². The fourth-order valence-electron chi connectivity index (χ4n) is 2.15. The predicted octanol–water partition coefficient (Wildman–Crippen LogP) is 3.93. The second-order valence-electron chi connectivity index (χ2n) is 5.54. The van der Waals surface area contributed by atoms with E-state index in [2.05, 4.69) is 30.6 Å². The summed E-state index contributed by atoms with van der Waals surface area (Å²) in [6, 6.07) is 16.0. The van der Waals surface area contributed by atoms with Crippen LogP contribution in [0.4, 0.5) is 5.82 Å². The summed E-state index contributed by atoms with van der Waals surface area (Å²) in [6.07, 6.45) is 1.41. The van der Waals surface area contributed by atoms with Crippen LogP contribution < -0.4 is 9.46 Å². The van der Waals surface area contributed by atoms with Crippen LogP contribution in [-0.4, -0.2) is 18.4 Å². The molecule has 134 valence electrons. The largest absolute Gasteiger partial charge is 0.470 e. The Morgan fingerprint density at radius 3 is 2.46 bits per heavy atom. The minimum Gasteiger partial charge on any atom is -0.470 e. The van der Waals surface area contributed by atoms with Crippen molar-refractivity contribution in [2.75, 3.05) is 4.72 Å². The van der Waals surface area contributed by atoms with E-state index < -0.39 is 10.0 Å². The van der Waals surface area contributed by atoms with Gasteiger partial charge in [0.05, 0.1) is 11.1 Å². The number of ether oxygens (including phenoxy) is 1. The summed E-state index contributed by atoms with van der Waals surface area (Å²) in [5.41, 5.74) is 1.90. The number of halogens is 1. The van der Waals surface area contributed by atoms with E-state index in [1.807, 2.05) is 37.3 Å². The maximum absolute atomic E-state index is 12.6. The van der Waals surface area contributed by atoms with Gasteiger partial charge in [-0.05, 0) is 40.5 Å². The molecule has 3 aromatic rings. The summed E-state index contributed by atoms with van der Waals surface area (Å²) in [5, 5.41) is 0. The third-order valence-electron chi connectivity index (χ3n) is 3.49. The Morgan fingerprint density at radius 1 is 1.08 bits per heavy atom. The Morgan fingerprint density at radius 2 is 1.77 bits per heavy atom. The lowest BCUT2D eigenvalue weighted by Gasteiger charge is -2.12. The molecule has 0 fully saturated rings. The lowest BCUT2D eigenvalue weighted by Crippen LogP contribution is -2.15. The molecule has 8 heteroatoms. The first-order valence-corrected chi connectivity index (χ1v) is 10.0. The molecular formula is C18H16BrN3O3S. The van der Waals surface area contributed by atoms with E-state index in [4.69, 9.17) is 4.74 Å². The summed E-state index contributed by atoms with van der Waals surface area (Å²) in [4.78, 5) is 8.42. The zero-order valence-electron chi connectivity index (χ0n) is 13.9. The number of benzene rings is 2. The topological polar surface area (TPSA) is 81.2 Å². The van der Waals surface area contributed by atoms with Crippen molar-refractivity contribution in [3.8, 4) is 5.88 Å². The van der Waals surface area contributed by atoms with Crippen LogP contribution in [0.1, 0.15) is 11.1 Å². The highest BCUT2D eigenvalue weighted by Gasteiger charge is 2.19. The first kappa shape index (κ1) is 18.3. The third-order valence-corrected chi connectivity index (χ3v) is 5.23. The van der Waals surface area contributed by atoms with E-state index >= 15 is 0 Å². The molecule has 26 heavy (non-hydrogen) atoms. The molecule has 1 N–H and O–H groups in total. The molecule has 0 saturated carbocycles. The smallest absolute Gasteiger partial charge is 0.263 e. The van der Waals surface area contributed by atoms with Gasteiger partial charge in [-0.15, -0.1) is 0 Å². The van der Waals surface area contributed by atoms with Gasteiger partial charge in [-0.25, -0.2) is 18.4 Å². The molecule has 1 heterocycles. The molecule has 0 bridgehead atoms. The average molecular weight is 434 g/mol. The van der Waals surface area contributed by atoms with E-state index in [1.165, 1.54) is 18.3 Å². The van der Waals surface area contributed by atoms with Crippen molar-refractivity contribution in [2.45, 2.75) is 18.4 Å². The molecule has 0 spiro atoms. The molecule has 1 aromatic heterocycles. The maximum atomic E-state index is 12.6. The van der Waals surface area contributed by atoms with Gasteiger partial charge in [0, 0.05) is 0 Å². The number of aryl methyl sites for hydroxylation is 1. The van der Waals surface area contributed by atoms with Crippen LogP contribution in [0.5, 0.6) is 5.88 Å². The normalized spacial score (nSPS) is 11.2. The van der Waals surface area contributed by atoms with Gasteiger partial charge < -0.3 is 4.74 Å². The molecule has 0 saturated heterocycles. The molecule has 6 nitrogen and oxygen atoms in total. The highest BCUT2D eigenvalue weighted by molar-refractivity contribution is 9.10. The Bertz CT molecular complexity index is 994. The van der Waals surface area contributed by atoms with Gasteiger partial charge in [0.25, 0.3) is 15.9 Å².